The zero-order valence-electron chi connectivity index (χ0n) is 14.6. The fourth-order valence-electron chi connectivity index (χ4n) is 2.78. The number of ether oxygens (including phenoxy) is 2. The van der Waals surface area contributed by atoms with Crippen LogP contribution < -0.4 is 10.4 Å². The lowest BCUT2D eigenvalue weighted by molar-refractivity contribution is -0.304. The van der Waals surface area contributed by atoms with E-state index in [-0.39, 0.29) is 12.3 Å². The molecule has 1 N–H and O–H groups in total. The molecule has 26 heavy (non-hydrogen) atoms. The van der Waals surface area contributed by atoms with Gasteiger partial charge in [0.2, 0.25) is 0 Å². The van der Waals surface area contributed by atoms with Gasteiger partial charge in [-0.2, -0.15) is 0 Å². The first kappa shape index (κ1) is 20.1. The molecule has 1 fully saturated rings. The quantitative estimate of drug-likeness (QED) is 0.618. The molecule has 1 amide bonds. The summed E-state index contributed by atoms with van der Waals surface area (Å²) in [5.41, 5.74) is 0.550. The average molecular weight is 362 g/mol. The molecule has 0 radical (unpaired) electrons. The van der Waals surface area contributed by atoms with E-state index in [2.05, 4.69) is 5.32 Å². The lowest BCUT2D eigenvalue weighted by atomic mass is 10.1. The molecule has 0 saturated carbocycles. The first-order valence-corrected chi connectivity index (χ1v) is 8.86. The molecule has 0 spiro atoms. The van der Waals surface area contributed by atoms with Gasteiger partial charge in [0.25, 0.3) is 5.91 Å². The molecular weight excluding hydrogens is 338 g/mol. The number of hydrogen-bond donors (Lipinski definition) is 1. The van der Waals surface area contributed by atoms with Gasteiger partial charge in [0.1, 0.15) is 5.78 Å². The molecule has 7 nitrogen and oxygen atoms in total. The maximum Gasteiger partial charge on any atom is 0.251 e. The Bertz CT molecular complexity index is 597. The standard InChI is InChI=1S/C19H25NO6/c21-15(13-17(22)23)12-16(26-18-8-4-5-11-25-18)9-10-20-19(24)14-6-2-1-3-7-14/h1-3,6-7,16,18H,4-5,8-13H2,(H,20,24)(H,22,23)/p-1. The van der Waals surface area contributed by atoms with Crippen LogP contribution in [-0.2, 0) is 19.1 Å². The Hall–Kier alpha value is -2.25. The van der Waals surface area contributed by atoms with E-state index in [0.717, 1.165) is 19.3 Å². The predicted octanol–water partition coefficient (Wildman–Crippen LogP) is 0.818. The Morgan fingerprint density at radius 3 is 2.65 bits per heavy atom. The number of ketones is 1. The molecule has 7 heteroatoms. The fourth-order valence-corrected chi connectivity index (χ4v) is 2.78. The van der Waals surface area contributed by atoms with Crippen LogP contribution in [-0.4, -0.2) is 43.2 Å². The first-order valence-electron chi connectivity index (χ1n) is 8.86. The van der Waals surface area contributed by atoms with E-state index < -0.39 is 30.6 Å². The highest BCUT2D eigenvalue weighted by molar-refractivity contribution is 5.94. The van der Waals surface area contributed by atoms with Crippen LogP contribution in [0.3, 0.4) is 0 Å². The summed E-state index contributed by atoms with van der Waals surface area (Å²) >= 11 is 0. The molecule has 1 aromatic rings. The molecule has 0 aliphatic carbocycles. The van der Waals surface area contributed by atoms with E-state index in [1.54, 1.807) is 24.3 Å². The molecule has 1 heterocycles. The number of carboxylic acid groups (broad SMARTS) is 1. The Kier molecular flexibility index (Phi) is 8.24. The van der Waals surface area contributed by atoms with E-state index in [4.69, 9.17) is 9.47 Å². The molecule has 2 atom stereocenters. The molecule has 2 unspecified atom stereocenters. The van der Waals surface area contributed by atoms with Crippen molar-refractivity contribution in [3.8, 4) is 0 Å². The zero-order valence-corrected chi connectivity index (χ0v) is 14.6. The van der Waals surface area contributed by atoms with E-state index >= 15 is 0 Å². The highest BCUT2D eigenvalue weighted by Gasteiger charge is 2.22. The third-order valence-corrected chi connectivity index (χ3v) is 4.07. The van der Waals surface area contributed by atoms with Crippen molar-refractivity contribution in [1.29, 1.82) is 0 Å². The Labute approximate surface area is 152 Å². The van der Waals surface area contributed by atoms with Crippen LogP contribution in [0.5, 0.6) is 0 Å². The zero-order chi connectivity index (χ0) is 18.8. The second-order valence-electron chi connectivity index (χ2n) is 6.26. The summed E-state index contributed by atoms with van der Waals surface area (Å²) in [6.07, 6.45) is 1.49. The van der Waals surface area contributed by atoms with Gasteiger partial charge in [0.15, 0.2) is 6.29 Å². The van der Waals surface area contributed by atoms with Crippen LogP contribution in [0.25, 0.3) is 0 Å². The molecular formula is C19H24NO6-. The van der Waals surface area contributed by atoms with Crippen LogP contribution in [0.1, 0.15) is 48.9 Å². The van der Waals surface area contributed by atoms with Gasteiger partial charge in [-0.05, 0) is 37.8 Å². The number of amides is 1. The molecule has 2 rings (SSSR count). The number of carbonyl (C=O) groups excluding carboxylic acids is 3. The summed E-state index contributed by atoms with van der Waals surface area (Å²) < 4.78 is 11.3. The van der Waals surface area contributed by atoms with Gasteiger partial charge < -0.3 is 24.7 Å². The number of aliphatic carboxylic acids is 1. The average Bonchev–Trinajstić information content (AvgIpc) is 2.62. The van der Waals surface area contributed by atoms with Crippen LogP contribution >= 0.6 is 0 Å². The van der Waals surface area contributed by atoms with Crippen molar-refractivity contribution in [2.45, 2.75) is 50.9 Å². The Balaban J connectivity index is 1.84. The monoisotopic (exact) mass is 362 g/mol. The molecule has 1 aliphatic heterocycles. The van der Waals surface area contributed by atoms with Crippen LogP contribution in [0.4, 0.5) is 0 Å². The maximum absolute atomic E-state index is 12.1. The minimum atomic E-state index is -1.40. The molecule has 1 saturated heterocycles. The lowest BCUT2D eigenvalue weighted by Gasteiger charge is -2.27. The van der Waals surface area contributed by atoms with Crippen molar-refractivity contribution in [2.75, 3.05) is 13.2 Å². The van der Waals surface area contributed by atoms with Gasteiger partial charge in [0, 0.05) is 37.5 Å². The summed E-state index contributed by atoms with van der Waals surface area (Å²) in [4.78, 5) is 34.4. The number of benzene rings is 1. The molecule has 1 aliphatic rings. The highest BCUT2D eigenvalue weighted by Crippen LogP contribution is 2.18. The van der Waals surface area contributed by atoms with Gasteiger partial charge in [0.05, 0.1) is 6.10 Å². The van der Waals surface area contributed by atoms with Crippen molar-refractivity contribution in [3.63, 3.8) is 0 Å². The van der Waals surface area contributed by atoms with Gasteiger partial charge in [-0.3, -0.25) is 9.59 Å². The SMILES string of the molecule is O=C([O-])CC(=O)CC(CCNC(=O)c1ccccc1)OC1CCCCO1. The summed E-state index contributed by atoms with van der Waals surface area (Å²) in [6.45, 7) is 0.916. The van der Waals surface area contributed by atoms with Gasteiger partial charge in [-0.15, -0.1) is 0 Å². The third-order valence-electron chi connectivity index (χ3n) is 4.07. The Morgan fingerprint density at radius 1 is 1.23 bits per heavy atom. The summed E-state index contributed by atoms with van der Waals surface area (Å²) in [5.74, 6) is -2.07. The van der Waals surface area contributed by atoms with Gasteiger partial charge >= 0.3 is 0 Å². The molecule has 1 aromatic carbocycles. The summed E-state index contributed by atoms with van der Waals surface area (Å²) in [5, 5.41) is 13.4. The molecule has 0 aromatic heterocycles. The molecule has 0 bridgehead atoms. The minimum Gasteiger partial charge on any atom is -0.550 e. The molecule has 142 valence electrons. The van der Waals surface area contributed by atoms with Crippen molar-refractivity contribution < 1.29 is 29.0 Å². The number of nitrogens with one attached hydrogen (secondary N) is 1. The summed E-state index contributed by atoms with van der Waals surface area (Å²) in [7, 11) is 0. The van der Waals surface area contributed by atoms with Crippen molar-refractivity contribution in [3.05, 3.63) is 35.9 Å². The van der Waals surface area contributed by atoms with E-state index in [0.29, 0.717) is 25.1 Å². The topological polar surface area (TPSA) is 105 Å². The maximum atomic E-state index is 12.1. The van der Waals surface area contributed by atoms with Crippen LogP contribution in [0, 0.1) is 0 Å². The number of carboxylic acids is 1. The lowest BCUT2D eigenvalue weighted by Crippen LogP contribution is -2.34. The fraction of sp³-hybridized carbons (Fsp3) is 0.526. The van der Waals surface area contributed by atoms with E-state index in [1.807, 2.05) is 6.07 Å². The second kappa shape index (κ2) is 10.7. The number of rotatable bonds is 10. The van der Waals surface area contributed by atoms with Crippen LogP contribution in [0.2, 0.25) is 0 Å². The Morgan fingerprint density at radius 2 is 2.00 bits per heavy atom. The minimum absolute atomic E-state index is 0.0466. The van der Waals surface area contributed by atoms with Crippen molar-refractivity contribution in [1.82, 2.24) is 5.32 Å². The highest BCUT2D eigenvalue weighted by atomic mass is 16.7. The number of carbonyl (C=O) groups is 3. The first-order chi connectivity index (χ1) is 12.5. The van der Waals surface area contributed by atoms with Crippen molar-refractivity contribution >= 4 is 17.7 Å². The normalized spacial score (nSPS) is 18.1. The predicted molar refractivity (Wildman–Crippen MR) is 91.1 cm³/mol. The largest absolute Gasteiger partial charge is 0.550 e. The van der Waals surface area contributed by atoms with E-state index in [9.17, 15) is 19.5 Å². The number of Topliss-reactive ketones (excluding diaryl/α,β-unsaturated/α-hetero) is 1. The van der Waals surface area contributed by atoms with Crippen LogP contribution in [0.15, 0.2) is 30.3 Å². The summed E-state index contributed by atoms with van der Waals surface area (Å²) in [6, 6.07) is 8.80. The second-order valence-corrected chi connectivity index (χ2v) is 6.26. The third kappa shape index (κ3) is 7.33. The number of hydrogen-bond acceptors (Lipinski definition) is 6. The van der Waals surface area contributed by atoms with E-state index in [1.165, 1.54) is 0 Å². The van der Waals surface area contributed by atoms with Crippen molar-refractivity contribution in [2.24, 2.45) is 0 Å². The van der Waals surface area contributed by atoms with Gasteiger partial charge in [-0.1, -0.05) is 18.2 Å². The van der Waals surface area contributed by atoms with Gasteiger partial charge in [-0.25, -0.2) is 0 Å². The smallest absolute Gasteiger partial charge is 0.251 e.